The van der Waals surface area contributed by atoms with Gasteiger partial charge in [-0.3, -0.25) is 0 Å². The van der Waals surface area contributed by atoms with Gasteiger partial charge in [-0.05, 0) is 0 Å². The van der Waals surface area contributed by atoms with Crippen molar-refractivity contribution in [3.63, 3.8) is 0 Å². The van der Waals surface area contributed by atoms with Gasteiger partial charge >= 0.3 is 5.97 Å². The predicted molar refractivity (Wildman–Crippen MR) is 46.2 cm³/mol. The molecular formula is C7H5N3O2S. The maximum atomic E-state index is 10.3. The summed E-state index contributed by atoms with van der Waals surface area (Å²) in [6.07, 6.45) is 1.28. The van der Waals surface area contributed by atoms with Gasteiger partial charge in [0.05, 0.1) is 0 Å². The highest BCUT2D eigenvalue weighted by Gasteiger charge is 1.97. The molecule has 0 fully saturated rings. The first-order chi connectivity index (χ1) is 6.22. The van der Waals surface area contributed by atoms with Crippen LogP contribution in [-0.2, 0) is 9.63 Å². The number of carbonyl (C=O) groups is 1. The normalized spacial score (nSPS) is 9.85. The summed E-state index contributed by atoms with van der Waals surface area (Å²) in [5.41, 5.74) is 0.328. The molecule has 0 aliphatic rings. The van der Waals surface area contributed by atoms with Gasteiger partial charge in [-0.1, -0.05) is 5.16 Å². The summed E-state index contributed by atoms with van der Waals surface area (Å²) < 4.78 is 0. The van der Waals surface area contributed by atoms with Gasteiger partial charge in [-0.25, -0.2) is 9.78 Å². The highest BCUT2D eigenvalue weighted by Crippen LogP contribution is 2.05. The molecule has 5 nitrogen and oxygen atoms in total. The topological polar surface area (TPSA) is 75.3 Å². The van der Waals surface area contributed by atoms with E-state index in [9.17, 15) is 4.79 Å². The van der Waals surface area contributed by atoms with Gasteiger partial charge in [0.15, 0.2) is 5.69 Å². The summed E-state index contributed by atoms with van der Waals surface area (Å²) >= 11 is 1.25. The SMILES string of the molecule is CC(=O)O/N=C/c1nc(C#N)cs1. The van der Waals surface area contributed by atoms with Crippen LogP contribution < -0.4 is 0 Å². The van der Waals surface area contributed by atoms with Crippen molar-refractivity contribution in [2.24, 2.45) is 5.16 Å². The molecule has 0 saturated carbocycles. The quantitative estimate of drug-likeness (QED) is 0.399. The lowest BCUT2D eigenvalue weighted by molar-refractivity contribution is -0.140. The number of nitriles is 1. The number of thiazole rings is 1. The number of oxime groups is 1. The monoisotopic (exact) mass is 195 g/mol. The van der Waals surface area contributed by atoms with Crippen LogP contribution in [0.25, 0.3) is 0 Å². The van der Waals surface area contributed by atoms with Crippen LogP contribution in [0.5, 0.6) is 0 Å². The Hall–Kier alpha value is -1.74. The molecule has 0 radical (unpaired) electrons. The average Bonchev–Trinajstić information content (AvgIpc) is 2.52. The first-order valence-corrected chi connectivity index (χ1v) is 4.17. The number of hydrogen-bond donors (Lipinski definition) is 0. The standard InChI is InChI=1S/C7H5N3O2S/c1-5(11)12-9-3-7-10-6(2-8)4-13-7/h3-4H,1H3/b9-3+. The lowest BCUT2D eigenvalue weighted by Gasteiger charge is -1.85. The van der Waals surface area contributed by atoms with Gasteiger partial charge in [0.25, 0.3) is 0 Å². The first-order valence-electron chi connectivity index (χ1n) is 3.29. The van der Waals surface area contributed by atoms with E-state index in [2.05, 4.69) is 15.0 Å². The zero-order chi connectivity index (χ0) is 9.68. The summed E-state index contributed by atoms with van der Waals surface area (Å²) in [5, 5.41) is 13.9. The first kappa shape index (κ1) is 9.35. The van der Waals surface area contributed by atoms with Crippen molar-refractivity contribution in [1.82, 2.24) is 4.98 Å². The molecule has 1 rings (SSSR count). The fourth-order valence-electron chi connectivity index (χ4n) is 0.544. The van der Waals surface area contributed by atoms with E-state index in [1.54, 1.807) is 5.38 Å². The van der Waals surface area contributed by atoms with E-state index >= 15 is 0 Å². The summed E-state index contributed by atoms with van der Waals surface area (Å²) in [6, 6.07) is 1.88. The maximum Gasteiger partial charge on any atom is 0.331 e. The van der Waals surface area contributed by atoms with Crippen LogP contribution in [0.4, 0.5) is 0 Å². The van der Waals surface area contributed by atoms with Crippen molar-refractivity contribution in [2.75, 3.05) is 0 Å². The number of hydrogen-bond acceptors (Lipinski definition) is 6. The van der Waals surface area contributed by atoms with E-state index in [0.717, 1.165) is 0 Å². The van der Waals surface area contributed by atoms with E-state index < -0.39 is 5.97 Å². The zero-order valence-electron chi connectivity index (χ0n) is 6.72. The third-order valence-corrected chi connectivity index (χ3v) is 1.76. The summed E-state index contributed by atoms with van der Waals surface area (Å²) in [4.78, 5) is 18.4. The Bertz CT molecular complexity index is 377. The van der Waals surface area contributed by atoms with Crippen LogP contribution in [0.2, 0.25) is 0 Å². The third kappa shape index (κ3) is 3.01. The van der Waals surface area contributed by atoms with Gasteiger partial charge in [0, 0.05) is 12.3 Å². The van der Waals surface area contributed by atoms with Crippen LogP contribution in [-0.4, -0.2) is 17.2 Å². The molecule has 66 valence electrons. The molecule has 0 unspecified atom stereocenters. The predicted octanol–water partition coefficient (Wildman–Crippen LogP) is 0.912. The van der Waals surface area contributed by atoms with Crippen LogP contribution in [0.1, 0.15) is 17.6 Å². The van der Waals surface area contributed by atoms with Gasteiger partial charge in [0.2, 0.25) is 0 Å². The fraction of sp³-hybridized carbons (Fsp3) is 0.143. The number of carbonyl (C=O) groups excluding carboxylic acids is 1. The molecule has 1 aromatic rings. The van der Waals surface area contributed by atoms with Crippen LogP contribution >= 0.6 is 11.3 Å². The molecular weight excluding hydrogens is 190 g/mol. The number of aromatic nitrogens is 1. The van der Waals surface area contributed by atoms with Gasteiger partial charge in [-0.15, -0.1) is 11.3 Å². The Morgan fingerprint density at radius 2 is 2.69 bits per heavy atom. The molecule has 0 aromatic carbocycles. The molecule has 13 heavy (non-hydrogen) atoms. The second-order valence-corrected chi connectivity index (χ2v) is 2.89. The molecule has 0 aliphatic carbocycles. The molecule has 0 bridgehead atoms. The van der Waals surface area contributed by atoms with Crippen molar-refractivity contribution in [2.45, 2.75) is 6.92 Å². The second kappa shape index (κ2) is 4.33. The molecule has 0 amide bonds. The molecule has 0 atom stereocenters. The Morgan fingerprint density at radius 3 is 3.23 bits per heavy atom. The number of rotatable bonds is 2. The van der Waals surface area contributed by atoms with E-state index in [1.807, 2.05) is 6.07 Å². The minimum Gasteiger partial charge on any atom is -0.319 e. The molecule has 0 spiro atoms. The van der Waals surface area contributed by atoms with Crippen molar-refractivity contribution >= 4 is 23.5 Å². The average molecular weight is 195 g/mol. The Morgan fingerprint density at radius 1 is 1.92 bits per heavy atom. The fourth-order valence-corrected chi connectivity index (χ4v) is 1.14. The zero-order valence-corrected chi connectivity index (χ0v) is 7.54. The van der Waals surface area contributed by atoms with E-state index in [4.69, 9.17) is 5.26 Å². The largest absolute Gasteiger partial charge is 0.331 e. The minimum absolute atomic E-state index is 0.328. The maximum absolute atomic E-state index is 10.3. The molecule has 6 heteroatoms. The minimum atomic E-state index is -0.492. The third-order valence-electron chi connectivity index (χ3n) is 0.981. The van der Waals surface area contributed by atoms with Crippen LogP contribution in [0, 0.1) is 11.3 Å². The van der Waals surface area contributed by atoms with Crippen molar-refractivity contribution in [3.05, 3.63) is 16.1 Å². The highest BCUT2D eigenvalue weighted by atomic mass is 32.1. The van der Waals surface area contributed by atoms with Crippen LogP contribution in [0.15, 0.2) is 10.5 Å². The smallest absolute Gasteiger partial charge is 0.319 e. The number of nitrogens with zero attached hydrogens (tertiary/aromatic N) is 3. The lowest BCUT2D eigenvalue weighted by atomic mass is 10.6. The van der Waals surface area contributed by atoms with Gasteiger partial charge in [-0.2, -0.15) is 5.26 Å². The van der Waals surface area contributed by atoms with E-state index in [-0.39, 0.29) is 0 Å². The van der Waals surface area contributed by atoms with E-state index in [1.165, 1.54) is 24.5 Å². The van der Waals surface area contributed by atoms with Gasteiger partial charge < -0.3 is 4.84 Å². The van der Waals surface area contributed by atoms with Crippen molar-refractivity contribution in [1.29, 1.82) is 5.26 Å². The van der Waals surface area contributed by atoms with Crippen LogP contribution in [0.3, 0.4) is 0 Å². The Kier molecular flexibility index (Phi) is 3.11. The Labute approximate surface area is 78.3 Å². The molecule has 0 N–H and O–H groups in total. The second-order valence-electron chi connectivity index (χ2n) is 2.00. The summed E-state index contributed by atoms with van der Waals surface area (Å²) in [6.45, 7) is 1.25. The molecule has 1 aromatic heterocycles. The Balaban J connectivity index is 2.60. The van der Waals surface area contributed by atoms with Crippen molar-refractivity contribution < 1.29 is 9.63 Å². The van der Waals surface area contributed by atoms with E-state index in [0.29, 0.717) is 10.7 Å². The van der Waals surface area contributed by atoms with Crippen molar-refractivity contribution in [3.8, 4) is 6.07 Å². The van der Waals surface area contributed by atoms with Gasteiger partial charge in [0.1, 0.15) is 17.3 Å². The summed E-state index contributed by atoms with van der Waals surface area (Å²) in [5.74, 6) is -0.492. The summed E-state index contributed by atoms with van der Waals surface area (Å²) in [7, 11) is 0. The molecule has 1 heterocycles. The lowest BCUT2D eigenvalue weighted by Crippen LogP contribution is -1.91. The highest BCUT2D eigenvalue weighted by molar-refractivity contribution is 7.11. The molecule has 0 aliphatic heterocycles. The molecule has 0 saturated heterocycles.